The molecule has 3 N–H and O–H groups in total. The summed E-state index contributed by atoms with van der Waals surface area (Å²) in [6, 6.07) is 8.20. The average Bonchev–Trinajstić information content (AvgIpc) is 3.20. The first-order valence-electron chi connectivity index (χ1n) is 9.90. The van der Waals surface area contributed by atoms with E-state index in [2.05, 4.69) is 20.5 Å². The van der Waals surface area contributed by atoms with E-state index in [-0.39, 0.29) is 11.8 Å². The van der Waals surface area contributed by atoms with Crippen molar-refractivity contribution in [2.24, 2.45) is 17.6 Å². The molecule has 3 saturated heterocycles. The standard InChI is InChI=1S/C20H28N6O2/c1-28-19-5-3-2-4-15(19)10-22-20(27)18-13-25-7-6-14(18)8-17(25)12-26-11-16(9-21)23-24-26/h2-5,11,14,17-18H,6-10,12-13,21H2,1H3,(H,22,27). The molecule has 0 spiro atoms. The Kier molecular flexibility index (Phi) is 5.59. The molecular formula is C20H28N6O2. The zero-order chi connectivity index (χ0) is 19.5. The highest BCUT2D eigenvalue weighted by Gasteiger charge is 2.43. The van der Waals surface area contributed by atoms with Gasteiger partial charge >= 0.3 is 0 Å². The molecule has 8 nitrogen and oxygen atoms in total. The monoisotopic (exact) mass is 384 g/mol. The summed E-state index contributed by atoms with van der Waals surface area (Å²) in [4.78, 5) is 15.3. The molecule has 0 radical (unpaired) electrons. The van der Waals surface area contributed by atoms with Gasteiger partial charge in [-0.15, -0.1) is 5.10 Å². The van der Waals surface area contributed by atoms with Crippen LogP contribution in [-0.4, -0.2) is 52.0 Å². The van der Waals surface area contributed by atoms with Crippen molar-refractivity contribution < 1.29 is 9.53 Å². The molecule has 150 valence electrons. The zero-order valence-corrected chi connectivity index (χ0v) is 16.3. The van der Waals surface area contributed by atoms with Gasteiger partial charge in [-0.25, -0.2) is 0 Å². The van der Waals surface area contributed by atoms with Gasteiger partial charge in [0.25, 0.3) is 0 Å². The Morgan fingerprint density at radius 3 is 2.96 bits per heavy atom. The van der Waals surface area contributed by atoms with Gasteiger partial charge in [-0.2, -0.15) is 0 Å². The highest BCUT2D eigenvalue weighted by Crippen LogP contribution is 2.37. The Morgan fingerprint density at radius 1 is 1.39 bits per heavy atom. The molecule has 0 aliphatic carbocycles. The number of benzene rings is 1. The van der Waals surface area contributed by atoms with Gasteiger partial charge in [0.15, 0.2) is 0 Å². The summed E-state index contributed by atoms with van der Waals surface area (Å²) >= 11 is 0. The van der Waals surface area contributed by atoms with Crippen LogP contribution in [0.2, 0.25) is 0 Å². The number of carbonyl (C=O) groups is 1. The quantitative estimate of drug-likeness (QED) is 0.732. The van der Waals surface area contributed by atoms with Gasteiger partial charge in [0, 0.05) is 37.4 Å². The predicted octanol–water partition coefficient (Wildman–Crippen LogP) is 0.772. The first-order valence-corrected chi connectivity index (χ1v) is 9.90. The number of methoxy groups -OCH3 is 1. The minimum Gasteiger partial charge on any atom is -0.496 e. The molecule has 5 rings (SSSR count). The Morgan fingerprint density at radius 2 is 2.25 bits per heavy atom. The molecule has 3 aliphatic rings. The van der Waals surface area contributed by atoms with E-state index in [0.29, 0.717) is 25.0 Å². The van der Waals surface area contributed by atoms with Crippen molar-refractivity contribution in [2.45, 2.75) is 38.5 Å². The first kappa shape index (κ1) is 18.9. The van der Waals surface area contributed by atoms with Crippen LogP contribution in [0.1, 0.15) is 24.1 Å². The van der Waals surface area contributed by atoms with Crippen LogP contribution >= 0.6 is 0 Å². The number of nitrogens with two attached hydrogens (primary N) is 1. The van der Waals surface area contributed by atoms with Crippen molar-refractivity contribution in [1.29, 1.82) is 0 Å². The van der Waals surface area contributed by atoms with Gasteiger partial charge < -0.3 is 15.8 Å². The van der Waals surface area contributed by atoms with E-state index < -0.39 is 0 Å². The number of fused-ring (bicyclic) bond motifs is 3. The second-order valence-corrected chi connectivity index (χ2v) is 7.71. The van der Waals surface area contributed by atoms with Gasteiger partial charge in [-0.1, -0.05) is 23.4 Å². The maximum atomic E-state index is 12.8. The van der Waals surface area contributed by atoms with Crippen LogP contribution in [-0.2, 0) is 24.4 Å². The lowest BCUT2D eigenvalue weighted by molar-refractivity contribution is -0.133. The third-order valence-electron chi connectivity index (χ3n) is 6.05. The summed E-state index contributed by atoms with van der Waals surface area (Å²) < 4.78 is 7.25. The number of piperidine rings is 3. The van der Waals surface area contributed by atoms with Gasteiger partial charge in [0.2, 0.25) is 5.91 Å². The number of nitrogens with one attached hydrogen (secondary N) is 1. The molecule has 2 aromatic rings. The number of nitrogens with zero attached hydrogens (tertiary/aromatic N) is 4. The van der Waals surface area contributed by atoms with E-state index in [9.17, 15) is 4.79 Å². The maximum Gasteiger partial charge on any atom is 0.224 e. The molecule has 3 aliphatic heterocycles. The van der Waals surface area contributed by atoms with E-state index in [1.165, 1.54) is 0 Å². The van der Waals surface area contributed by atoms with Crippen LogP contribution in [0.25, 0.3) is 0 Å². The van der Waals surface area contributed by atoms with Crippen LogP contribution < -0.4 is 15.8 Å². The minimum absolute atomic E-state index is 0.0510. The fourth-order valence-electron chi connectivity index (χ4n) is 4.52. The number of hydrogen-bond acceptors (Lipinski definition) is 6. The lowest BCUT2D eigenvalue weighted by Crippen LogP contribution is -2.58. The number of rotatable bonds is 7. The lowest BCUT2D eigenvalue weighted by Gasteiger charge is -2.49. The van der Waals surface area contributed by atoms with Gasteiger partial charge in [0.05, 0.1) is 25.3 Å². The van der Waals surface area contributed by atoms with E-state index in [1.807, 2.05) is 35.1 Å². The summed E-state index contributed by atoms with van der Waals surface area (Å²) in [5.41, 5.74) is 7.43. The normalized spacial score (nSPS) is 26.2. The molecule has 4 unspecified atom stereocenters. The molecular weight excluding hydrogens is 356 g/mol. The highest BCUT2D eigenvalue weighted by molar-refractivity contribution is 5.79. The number of ether oxygens (including phenoxy) is 1. The molecule has 1 amide bonds. The molecule has 4 heterocycles. The largest absolute Gasteiger partial charge is 0.496 e. The SMILES string of the molecule is COc1ccccc1CNC(=O)C1CN2CCC1CC2Cn1cc(CN)nn1. The Bertz CT molecular complexity index is 823. The third kappa shape index (κ3) is 3.88. The number of aromatic nitrogens is 3. The maximum absolute atomic E-state index is 12.8. The molecule has 28 heavy (non-hydrogen) atoms. The van der Waals surface area contributed by atoms with Crippen molar-refractivity contribution in [3.63, 3.8) is 0 Å². The molecule has 3 fully saturated rings. The number of para-hydroxylation sites is 1. The van der Waals surface area contributed by atoms with E-state index in [0.717, 1.165) is 49.5 Å². The van der Waals surface area contributed by atoms with Crippen LogP contribution in [0.3, 0.4) is 0 Å². The van der Waals surface area contributed by atoms with Crippen LogP contribution in [0.5, 0.6) is 5.75 Å². The third-order valence-corrected chi connectivity index (χ3v) is 6.05. The fourth-order valence-corrected chi connectivity index (χ4v) is 4.52. The average molecular weight is 384 g/mol. The second-order valence-electron chi connectivity index (χ2n) is 7.71. The van der Waals surface area contributed by atoms with Crippen molar-refractivity contribution in [1.82, 2.24) is 25.2 Å². The van der Waals surface area contributed by atoms with Gasteiger partial charge in [0.1, 0.15) is 5.75 Å². The molecule has 0 saturated carbocycles. The predicted molar refractivity (Wildman–Crippen MR) is 104 cm³/mol. The molecule has 1 aromatic carbocycles. The molecule has 2 bridgehead atoms. The Hall–Kier alpha value is -2.45. The molecule has 4 atom stereocenters. The highest BCUT2D eigenvalue weighted by atomic mass is 16.5. The van der Waals surface area contributed by atoms with E-state index in [4.69, 9.17) is 10.5 Å². The van der Waals surface area contributed by atoms with E-state index in [1.54, 1.807) is 7.11 Å². The van der Waals surface area contributed by atoms with Gasteiger partial charge in [-0.3, -0.25) is 14.4 Å². The topological polar surface area (TPSA) is 98.3 Å². The van der Waals surface area contributed by atoms with Crippen molar-refractivity contribution >= 4 is 5.91 Å². The fraction of sp³-hybridized carbons (Fsp3) is 0.550. The van der Waals surface area contributed by atoms with Crippen LogP contribution in [0.4, 0.5) is 0 Å². The van der Waals surface area contributed by atoms with Crippen LogP contribution in [0.15, 0.2) is 30.5 Å². The number of hydrogen-bond donors (Lipinski definition) is 2. The van der Waals surface area contributed by atoms with Crippen LogP contribution in [0, 0.1) is 11.8 Å². The second kappa shape index (κ2) is 8.28. The number of carbonyl (C=O) groups excluding carboxylic acids is 1. The summed E-state index contributed by atoms with van der Waals surface area (Å²) in [5, 5.41) is 11.4. The lowest BCUT2D eigenvalue weighted by atomic mass is 9.75. The smallest absolute Gasteiger partial charge is 0.224 e. The summed E-state index contributed by atoms with van der Waals surface area (Å²) in [7, 11) is 1.65. The van der Waals surface area contributed by atoms with Crippen molar-refractivity contribution in [2.75, 3.05) is 20.2 Å². The van der Waals surface area contributed by atoms with E-state index >= 15 is 0 Å². The molecule has 8 heteroatoms. The van der Waals surface area contributed by atoms with Crippen molar-refractivity contribution in [3.05, 3.63) is 41.7 Å². The van der Waals surface area contributed by atoms with Gasteiger partial charge in [-0.05, 0) is 31.4 Å². The minimum atomic E-state index is 0.0510. The summed E-state index contributed by atoms with van der Waals surface area (Å²) in [6.07, 6.45) is 4.01. The Labute approximate surface area is 165 Å². The Balaban J connectivity index is 1.34. The number of amides is 1. The summed E-state index contributed by atoms with van der Waals surface area (Å²) in [5.74, 6) is 1.42. The molecule has 1 aromatic heterocycles. The first-order chi connectivity index (χ1) is 13.7. The van der Waals surface area contributed by atoms with Crippen molar-refractivity contribution in [3.8, 4) is 5.75 Å². The summed E-state index contributed by atoms with van der Waals surface area (Å²) in [6.45, 7) is 3.57. The zero-order valence-electron chi connectivity index (χ0n) is 16.3.